The fraction of sp³-hybridized carbons (Fsp3) is 0.571. The summed E-state index contributed by atoms with van der Waals surface area (Å²) in [6, 6.07) is 2.17. The van der Waals surface area contributed by atoms with E-state index in [1.807, 2.05) is 11.8 Å². The van der Waals surface area contributed by atoms with Crippen LogP contribution in [0, 0.1) is 11.3 Å². The maximum absolute atomic E-state index is 12.9. The highest BCUT2D eigenvalue weighted by Gasteiger charge is 2.35. The third kappa shape index (κ3) is 3.11. The van der Waals surface area contributed by atoms with Crippen molar-refractivity contribution in [2.45, 2.75) is 38.9 Å². The summed E-state index contributed by atoms with van der Waals surface area (Å²) in [5.41, 5.74) is 4.80. The second-order valence-corrected chi connectivity index (χ2v) is 5.53. The molecule has 1 fully saturated rings. The fourth-order valence-electron chi connectivity index (χ4n) is 2.67. The summed E-state index contributed by atoms with van der Waals surface area (Å²) in [6.07, 6.45) is -2.58. The first kappa shape index (κ1) is 15.6. The van der Waals surface area contributed by atoms with E-state index in [2.05, 4.69) is 11.9 Å². The van der Waals surface area contributed by atoms with Crippen LogP contribution < -0.4 is 10.6 Å². The molecule has 7 heteroatoms. The molecule has 116 valence electrons. The number of piperidine rings is 1. The van der Waals surface area contributed by atoms with Crippen molar-refractivity contribution < 1.29 is 13.2 Å². The molecular weight excluding hydrogens is 281 g/mol. The first-order chi connectivity index (χ1) is 9.71. The molecule has 0 aliphatic carbocycles. The van der Waals surface area contributed by atoms with Crippen LogP contribution in [0.1, 0.15) is 37.9 Å². The molecule has 0 bridgehead atoms. The van der Waals surface area contributed by atoms with Gasteiger partial charge in [0.1, 0.15) is 17.3 Å². The van der Waals surface area contributed by atoms with Gasteiger partial charge in [-0.1, -0.05) is 6.92 Å². The van der Waals surface area contributed by atoms with Gasteiger partial charge in [-0.3, -0.25) is 5.41 Å². The first-order valence-corrected chi connectivity index (χ1v) is 6.91. The molecule has 0 amide bonds. The number of anilines is 1. The smallest absolute Gasteiger partial charge is 0.384 e. The van der Waals surface area contributed by atoms with E-state index in [1.54, 1.807) is 0 Å². The predicted molar refractivity (Wildman–Crippen MR) is 75.5 cm³/mol. The Morgan fingerprint density at radius 1 is 1.38 bits per heavy atom. The number of amidine groups is 1. The Balaban J connectivity index is 2.50. The van der Waals surface area contributed by atoms with Gasteiger partial charge in [0.25, 0.3) is 0 Å². The largest absolute Gasteiger partial charge is 0.433 e. The normalized spacial score (nSPS) is 23.2. The van der Waals surface area contributed by atoms with Gasteiger partial charge in [0.15, 0.2) is 0 Å². The van der Waals surface area contributed by atoms with Crippen molar-refractivity contribution in [2.24, 2.45) is 11.7 Å². The summed E-state index contributed by atoms with van der Waals surface area (Å²) in [5.74, 6) is 0.253. The van der Waals surface area contributed by atoms with Crippen molar-refractivity contribution >= 4 is 11.7 Å². The minimum absolute atomic E-state index is 0.0628. The molecule has 3 N–H and O–H groups in total. The molecule has 0 saturated carbocycles. The highest BCUT2D eigenvalue weighted by molar-refractivity contribution is 5.99. The van der Waals surface area contributed by atoms with Gasteiger partial charge in [0.05, 0.1) is 5.56 Å². The minimum atomic E-state index is -4.51. The van der Waals surface area contributed by atoms with E-state index in [1.165, 1.54) is 6.07 Å². The van der Waals surface area contributed by atoms with Crippen LogP contribution in [-0.4, -0.2) is 23.4 Å². The first-order valence-electron chi connectivity index (χ1n) is 6.91. The maximum atomic E-state index is 12.9. The van der Waals surface area contributed by atoms with Gasteiger partial charge < -0.3 is 10.6 Å². The Labute approximate surface area is 121 Å². The molecule has 1 aliphatic rings. The molecule has 2 unspecified atom stereocenters. The van der Waals surface area contributed by atoms with E-state index in [4.69, 9.17) is 11.1 Å². The molecule has 21 heavy (non-hydrogen) atoms. The molecule has 1 aromatic rings. The number of hydrogen-bond acceptors (Lipinski definition) is 3. The zero-order valence-corrected chi connectivity index (χ0v) is 12.0. The van der Waals surface area contributed by atoms with Crippen molar-refractivity contribution in [1.82, 2.24) is 4.98 Å². The van der Waals surface area contributed by atoms with Gasteiger partial charge >= 0.3 is 6.18 Å². The molecule has 1 saturated heterocycles. The predicted octanol–water partition coefficient (Wildman–Crippen LogP) is 3.01. The Bertz CT molecular complexity index is 542. The fourth-order valence-corrected chi connectivity index (χ4v) is 2.67. The Morgan fingerprint density at radius 2 is 2.05 bits per heavy atom. The lowest BCUT2D eigenvalue weighted by Gasteiger charge is -2.39. The van der Waals surface area contributed by atoms with E-state index < -0.39 is 11.9 Å². The summed E-state index contributed by atoms with van der Waals surface area (Å²) < 4.78 is 38.6. The third-order valence-electron chi connectivity index (χ3n) is 4.10. The number of aromatic nitrogens is 1. The van der Waals surface area contributed by atoms with Gasteiger partial charge in [-0.15, -0.1) is 0 Å². The van der Waals surface area contributed by atoms with Crippen molar-refractivity contribution in [3.8, 4) is 0 Å². The zero-order chi connectivity index (χ0) is 15.8. The molecule has 4 nitrogen and oxygen atoms in total. The molecule has 0 aromatic carbocycles. The number of pyridine rings is 1. The Kier molecular flexibility index (Phi) is 4.11. The number of nitrogens with two attached hydrogens (primary N) is 1. The summed E-state index contributed by atoms with van der Waals surface area (Å²) in [6.45, 7) is 4.66. The van der Waals surface area contributed by atoms with Crippen molar-refractivity contribution in [3.05, 3.63) is 23.4 Å². The summed E-state index contributed by atoms with van der Waals surface area (Å²) in [7, 11) is 0. The van der Waals surface area contributed by atoms with Crippen LogP contribution in [-0.2, 0) is 6.18 Å². The maximum Gasteiger partial charge on any atom is 0.433 e. The molecule has 2 heterocycles. The topological polar surface area (TPSA) is 66.0 Å². The van der Waals surface area contributed by atoms with E-state index in [-0.39, 0.29) is 23.3 Å². The summed E-state index contributed by atoms with van der Waals surface area (Å²) >= 11 is 0. The molecule has 1 aromatic heterocycles. The van der Waals surface area contributed by atoms with E-state index in [9.17, 15) is 13.2 Å². The van der Waals surface area contributed by atoms with Crippen LogP contribution in [0.5, 0.6) is 0 Å². The lowest BCUT2D eigenvalue weighted by Crippen LogP contribution is -2.44. The lowest BCUT2D eigenvalue weighted by molar-refractivity contribution is -0.141. The molecule has 2 atom stereocenters. The number of hydrogen-bond donors (Lipinski definition) is 2. The standard InChI is InChI=1S/C14H19F3N4/c1-8-4-3-7-21(9(8)2)13-10(12(18)19)5-6-11(20-13)14(15,16)17/h5-6,8-9H,3-4,7H2,1-2H3,(H3,18,19). The molecule has 1 aliphatic heterocycles. The van der Waals surface area contributed by atoms with Crippen LogP contribution >= 0.6 is 0 Å². The van der Waals surface area contributed by atoms with Crippen LogP contribution in [0.25, 0.3) is 0 Å². The highest BCUT2D eigenvalue weighted by Crippen LogP contribution is 2.33. The molecule has 0 radical (unpaired) electrons. The number of nitrogens with one attached hydrogen (secondary N) is 1. The number of rotatable bonds is 2. The average molecular weight is 300 g/mol. The van der Waals surface area contributed by atoms with Gasteiger partial charge in [-0.25, -0.2) is 4.98 Å². The van der Waals surface area contributed by atoms with Crippen molar-refractivity contribution in [2.75, 3.05) is 11.4 Å². The SMILES string of the molecule is CC1CCCN(c2nc(C(F)(F)F)ccc2C(=N)N)C1C. The van der Waals surface area contributed by atoms with Gasteiger partial charge in [-0.2, -0.15) is 13.2 Å². The van der Waals surface area contributed by atoms with Crippen LogP contribution in [0.4, 0.5) is 19.0 Å². The molecular formula is C14H19F3N4. The zero-order valence-electron chi connectivity index (χ0n) is 12.0. The van der Waals surface area contributed by atoms with E-state index in [0.29, 0.717) is 12.5 Å². The minimum Gasteiger partial charge on any atom is -0.384 e. The second kappa shape index (κ2) is 5.54. The number of nitrogens with zero attached hydrogens (tertiary/aromatic N) is 2. The van der Waals surface area contributed by atoms with Crippen LogP contribution in [0.2, 0.25) is 0 Å². The third-order valence-corrected chi connectivity index (χ3v) is 4.10. The Morgan fingerprint density at radius 3 is 2.62 bits per heavy atom. The molecule has 0 spiro atoms. The van der Waals surface area contributed by atoms with E-state index >= 15 is 0 Å². The molecule has 2 rings (SSSR count). The number of nitrogen functional groups attached to an aromatic ring is 1. The number of halogens is 3. The van der Waals surface area contributed by atoms with Gasteiger partial charge in [0.2, 0.25) is 0 Å². The second-order valence-electron chi connectivity index (χ2n) is 5.53. The monoisotopic (exact) mass is 300 g/mol. The van der Waals surface area contributed by atoms with Crippen LogP contribution in [0.15, 0.2) is 12.1 Å². The van der Waals surface area contributed by atoms with Gasteiger partial charge in [0, 0.05) is 12.6 Å². The van der Waals surface area contributed by atoms with Crippen molar-refractivity contribution in [3.63, 3.8) is 0 Å². The van der Waals surface area contributed by atoms with Crippen molar-refractivity contribution in [1.29, 1.82) is 5.41 Å². The summed E-state index contributed by atoms with van der Waals surface area (Å²) in [5, 5.41) is 7.57. The van der Waals surface area contributed by atoms with E-state index in [0.717, 1.165) is 18.9 Å². The number of alkyl halides is 3. The lowest BCUT2D eigenvalue weighted by atomic mass is 9.91. The quantitative estimate of drug-likeness (QED) is 0.652. The summed E-state index contributed by atoms with van der Waals surface area (Å²) in [4.78, 5) is 5.59. The van der Waals surface area contributed by atoms with Gasteiger partial charge in [-0.05, 0) is 37.8 Å². The van der Waals surface area contributed by atoms with Crippen LogP contribution in [0.3, 0.4) is 0 Å². The average Bonchev–Trinajstić information content (AvgIpc) is 2.40. The highest BCUT2D eigenvalue weighted by atomic mass is 19.4. The Hall–Kier alpha value is -1.79.